The summed E-state index contributed by atoms with van der Waals surface area (Å²) in [5, 5.41) is 18.0. The molecular weight excluding hydrogens is 576 g/mol. The van der Waals surface area contributed by atoms with Crippen LogP contribution in [0.2, 0.25) is 0 Å². The number of carbonyl (C=O) groups excluding carboxylic acids is 4. The smallest absolute Gasteiger partial charge is 0.330 e. The summed E-state index contributed by atoms with van der Waals surface area (Å²) in [4.78, 5) is 56.6. The zero-order valence-corrected chi connectivity index (χ0v) is 25.9. The van der Waals surface area contributed by atoms with Gasteiger partial charge in [-0.15, -0.1) is 11.3 Å². The van der Waals surface area contributed by atoms with Crippen molar-refractivity contribution in [1.82, 2.24) is 25.8 Å². The number of aromatic nitrogens is 3. The number of hydrogen-bond donors (Lipinski definition) is 4. The lowest BCUT2D eigenvalue weighted by Gasteiger charge is -2.30. The highest BCUT2D eigenvalue weighted by Crippen LogP contribution is 2.36. The fourth-order valence-corrected chi connectivity index (χ4v) is 6.18. The third-order valence-corrected chi connectivity index (χ3v) is 9.43. The van der Waals surface area contributed by atoms with E-state index in [-0.39, 0.29) is 40.2 Å². The Kier molecular flexibility index (Phi) is 9.42. The van der Waals surface area contributed by atoms with Gasteiger partial charge in [-0.25, -0.2) is 9.78 Å². The van der Waals surface area contributed by atoms with Gasteiger partial charge in [-0.3, -0.25) is 19.5 Å². The number of carbonyl (C=O) groups is 4. The molecule has 0 spiro atoms. The van der Waals surface area contributed by atoms with Crippen molar-refractivity contribution in [3.05, 3.63) is 62.4 Å². The summed E-state index contributed by atoms with van der Waals surface area (Å²) >= 11 is 2.32. The number of fused-ring (bicyclic) bond motifs is 1. The van der Waals surface area contributed by atoms with Gasteiger partial charge in [-0.05, 0) is 46.9 Å². The Morgan fingerprint density at radius 1 is 1.10 bits per heavy atom. The topological polar surface area (TPSA) is 155 Å². The van der Waals surface area contributed by atoms with Gasteiger partial charge in [0.2, 0.25) is 5.91 Å². The molecule has 3 amide bonds. The third-order valence-electron chi connectivity index (χ3n) is 7.44. The molecule has 0 aliphatic heterocycles. The summed E-state index contributed by atoms with van der Waals surface area (Å²) in [6.07, 6.45) is 1.77. The number of amides is 3. The minimum Gasteiger partial charge on any atom is -0.467 e. The van der Waals surface area contributed by atoms with Crippen LogP contribution in [-0.4, -0.2) is 58.6 Å². The van der Waals surface area contributed by atoms with E-state index >= 15 is 0 Å². The van der Waals surface area contributed by atoms with Crippen molar-refractivity contribution < 1.29 is 23.9 Å². The zero-order valence-electron chi connectivity index (χ0n) is 24.3. The molecule has 0 bridgehead atoms. The Labute approximate surface area is 251 Å². The number of esters is 1. The molecule has 1 atom stereocenters. The molecule has 0 fully saturated rings. The first-order valence-electron chi connectivity index (χ1n) is 13.4. The number of anilines is 1. The predicted molar refractivity (Wildman–Crippen MR) is 163 cm³/mol. The average Bonchev–Trinajstić information content (AvgIpc) is 3.70. The summed E-state index contributed by atoms with van der Waals surface area (Å²) in [6.45, 7) is 9.84. The van der Waals surface area contributed by atoms with Crippen molar-refractivity contribution in [3.63, 3.8) is 0 Å². The van der Waals surface area contributed by atoms with Gasteiger partial charge in [0.05, 0.1) is 35.8 Å². The average molecular weight is 611 g/mol. The monoisotopic (exact) mass is 610 g/mol. The Morgan fingerprint density at radius 3 is 2.57 bits per heavy atom. The molecule has 3 aromatic heterocycles. The van der Waals surface area contributed by atoms with Crippen LogP contribution in [0, 0.1) is 12.8 Å². The van der Waals surface area contributed by atoms with Crippen LogP contribution in [0.1, 0.15) is 63.9 Å². The van der Waals surface area contributed by atoms with Gasteiger partial charge in [0, 0.05) is 11.9 Å². The molecule has 1 unspecified atom stereocenters. The lowest BCUT2D eigenvalue weighted by Crippen LogP contribution is -2.49. The number of thiophene rings is 1. The summed E-state index contributed by atoms with van der Waals surface area (Å²) in [5.74, 6) is -1.61. The second kappa shape index (κ2) is 12.8. The van der Waals surface area contributed by atoms with Gasteiger partial charge in [0.1, 0.15) is 10.9 Å². The standard InChI is InChI=1S/C29H34N6O5S2/c1-15(2)29(4,5)19-10-11-41-24(19)25(37)30-14-21(27(39)40-6)33-26(38)23-16(3)32-28(42-23)34-22(36)12-17-8-7-9-20-18(17)13-31-35-20/h7-11,13,15,21H,12,14H2,1-6H3,(H,30,37)(H,31,35)(H,33,38)(H,32,34,36). The molecule has 42 heavy (non-hydrogen) atoms. The molecule has 1 aromatic carbocycles. The van der Waals surface area contributed by atoms with Gasteiger partial charge in [-0.2, -0.15) is 5.10 Å². The van der Waals surface area contributed by atoms with Crippen LogP contribution in [0.15, 0.2) is 35.8 Å². The molecule has 4 N–H and O–H groups in total. The number of benzene rings is 1. The largest absolute Gasteiger partial charge is 0.467 e. The van der Waals surface area contributed by atoms with E-state index in [1.165, 1.54) is 18.4 Å². The second-order valence-electron chi connectivity index (χ2n) is 10.7. The van der Waals surface area contributed by atoms with Gasteiger partial charge in [0.15, 0.2) is 5.13 Å². The van der Waals surface area contributed by atoms with Crippen LogP contribution >= 0.6 is 22.7 Å². The van der Waals surface area contributed by atoms with Crippen LogP contribution < -0.4 is 16.0 Å². The van der Waals surface area contributed by atoms with Gasteiger partial charge < -0.3 is 20.7 Å². The zero-order chi connectivity index (χ0) is 30.6. The molecule has 0 saturated carbocycles. The highest BCUT2D eigenvalue weighted by atomic mass is 32.1. The van der Waals surface area contributed by atoms with Gasteiger partial charge in [-0.1, -0.05) is 51.2 Å². The molecule has 13 heteroatoms. The third kappa shape index (κ3) is 6.68. The van der Waals surface area contributed by atoms with Crippen molar-refractivity contribution in [3.8, 4) is 0 Å². The van der Waals surface area contributed by atoms with E-state index < -0.39 is 17.9 Å². The maximum atomic E-state index is 13.2. The lowest BCUT2D eigenvalue weighted by atomic mass is 9.75. The first-order chi connectivity index (χ1) is 19.9. The lowest BCUT2D eigenvalue weighted by molar-refractivity contribution is -0.142. The van der Waals surface area contributed by atoms with Crippen LogP contribution in [0.25, 0.3) is 10.9 Å². The summed E-state index contributed by atoms with van der Waals surface area (Å²) in [6, 6.07) is 6.37. The number of hydrogen-bond acceptors (Lipinski definition) is 9. The van der Waals surface area contributed by atoms with E-state index in [0.29, 0.717) is 16.5 Å². The highest BCUT2D eigenvalue weighted by molar-refractivity contribution is 7.17. The van der Waals surface area contributed by atoms with Crippen molar-refractivity contribution in [2.24, 2.45) is 5.92 Å². The number of aromatic amines is 1. The number of nitrogens with one attached hydrogen (secondary N) is 4. The van der Waals surface area contributed by atoms with Crippen molar-refractivity contribution >= 4 is 62.4 Å². The number of nitrogens with zero attached hydrogens (tertiary/aromatic N) is 2. The second-order valence-corrected chi connectivity index (χ2v) is 12.6. The molecule has 0 radical (unpaired) electrons. The van der Waals surface area contributed by atoms with E-state index in [9.17, 15) is 19.2 Å². The predicted octanol–water partition coefficient (Wildman–Crippen LogP) is 4.21. The molecule has 4 aromatic rings. The normalized spacial score (nSPS) is 12.3. The summed E-state index contributed by atoms with van der Waals surface area (Å²) < 4.78 is 4.87. The van der Waals surface area contributed by atoms with Crippen molar-refractivity contribution in [1.29, 1.82) is 0 Å². The minimum atomic E-state index is -1.14. The Bertz CT molecular complexity index is 1620. The molecule has 3 heterocycles. The number of rotatable bonds is 11. The van der Waals surface area contributed by atoms with E-state index in [4.69, 9.17) is 4.74 Å². The fourth-order valence-electron chi connectivity index (χ4n) is 4.32. The van der Waals surface area contributed by atoms with Crippen molar-refractivity contribution in [2.45, 2.75) is 52.5 Å². The maximum Gasteiger partial charge on any atom is 0.330 e. The first-order valence-corrected chi connectivity index (χ1v) is 15.0. The summed E-state index contributed by atoms with van der Waals surface area (Å²) in [7, 11) is 1.21. The van der Waals surface area contributed by atoms with Gasteiger partial charge in [0.25, 0.3) is 11.8 Å². The van der Waals surface area contributed by atoms with Crippen molar-refractivity contribution in [2.75, 3.05) is 19.0 Å². The molecule has 4 rings (SSSR count). The Morgan fingerprint density at radius 2 is 1.86 bits per heavy atom. The first kappa shape index (κ1) is 30.8. The molecule has 0 aliphatic rings. The fraction of sp³-hybridized carbons (Fsp3) is 0.379. The quantitative estimate of drug-likeness (QED) is 0.186. The molecular formula is C29H34N6O5S2. The van der Waals surface area contributed by atoms with Crippen LogP contribution in [0.4, 0.5) is 5.13 Å². The molecule has 0 aliphatic carbocycles. The molecule has 0 saturated heterocycles. The van der Waals surface area contributed by atoms with E-state index in [0.717, 1.165) is 33.4 Å². The minimum absolute atomic E-state index is 0.0987. The number of thiazole rings is 1. The number of aryl methyl sites for hydroxylation is 1. The summed E-state index contributed by atoms with van der Waals surface area (Å²) in [5.41, 5.74) is 2.71. The van der Waals surface area contributed by atoms with E-state index in [1.54, 1.807) is 13.1 Å². The number of ether oxygens (including phenoxy) is 1. The highest BCUT2D eigenvalue weighted by Gasteiger charge is 2.31. The number of H-pyrrole nitrogens is 1. The number of methoxy groups -OCH3 is 1. The Balaban J connectivity index is 1.41. The van der Waals surface area contributed by atoms with Crippen LogP contribution in [-0.2, 0) is 26.2 Å². The van der Waals surface area contributed by atoms with E-state index in [1.807, 2.05) is 29.6 Å². The van der Waals surface area contributed by atoms with E-state index in [2.05, 4.69) is 58.8 Å². The van der Waals surface area contributed by atoms with Gasteiger partial charge >= 0.3 is 5.97 Å². The van der Waals surface area contributed by atoms with Crippen LogP contribution in [0.5, 0.6) is 0 Å². The Hall–Kier alpha value is -4.10. The molecule has 11 nitrogen and oxygen atoms in total. The maximum absolute atomic E-state index is 13.2. The van der Waals surface area contributed by atoms with Crippen LogP contribution in [0.3, 0.4) is 0 Å². The molecule has 222 valence electrons. The SMILES string of the molecule is COC(=O)C(CNC(=O)c1sccc1C(C)(C)C(C)C)NC(=O)c1sc(NC(=O)Cc2cccc3[nH]ncc23)nc1C.